The predicted octanol–water partition coefficient (Wildman–Crippen LogP) is 3.35. The predicted molar refractivity (Wildman–Crippen MR) is 97.7 cm³/mol. The molecule has 0 unspecified atom stereocenters. The molecule has 6 heteroatoms. The van der Waals surface area contributed by atoms with E-state index in [9.17, 15) is 4.79 Å². The lowest BCUT2D eigenvalue weighted by atomic mass is 10.0. The Morgan fingerprint density at radius 2 is 1.73 bits per heavy atom. The summed E-state index contributed by atoms with van der Waals surface area (Å²) in [6, 6.07) is 11.3. The van der Waals surface area contributed by atoms with Gasteiger partial charge in [0.25, 0.3) is 0 Å². The van der Waals surface area contributed by atoms with Crippen LogP contribution in [0.5, 0.6) is 23.0 Å². The van der Waals surface area contributed by atoms with Crippen LogP contribution in [0.1, 0.15) is 17.5 Å². The minimum Gasteiger partial charge on any atom is -0.493 e. The summed E-state index contributed by atoms with van der Waals surface area (Å²) in [4.78, 5) is 10.6. The van der Waals surface area contributed by atoms with Crippen molar-refractivity contribution in [1.82, 2.24) is 0 Å². The third-order valence-electron chi connectivity index (χ3n) is 3.96. The topological polar surface area (TPSA) is 74.2 Å². The molecule has 0 bridgehead atoms. The standard InChI is InChI=1S/C20H24O6/c1-23-17-11-10-15(19(24-2)20(17)25-3)8-4-6-14-7-5-9-16(12-14)26-13-18(21)22/h5,7,9-12H,4,6,8,13H2,1-3H3,(H,21,22). The van der Waals surface area contributed by atoms with Gasteiger partial charge in [-0.25, -0.2) is 4.79 Å². The third-order valence-corrected chi connectivity index (χ3v) is 3.96. The molecule has 2 aromatic carbocycles. The molecule has 0 aromatic heterocycles. The largest absolute Gasteiger partial charge is 0.493 e. The minimum absolute atomic E-state index is 0.341. The van der Waals surface area contributed by atoms with E-state index in [-0.39, 0.29) is 6.61 Å². The second kappa shape index (κ2) is 9.56. The van der Waals surface area contributed by atoms with E-state index in [1.807, 2.05) is 30.3 Å². The van der Waals surface area contributed by atoms with Gasteiger partial charge in [0.2, 0.25) is 5.75 Å². The monoisotopic (exact) mass is 360 g/mol. The summed E-state index contributed by atoms with van der Waals surface area (Å²) in [7, 11) is 4.80. The first kappa shape index (κ1) is 19.4. The van der Waals surface area contributed by atoms with Crippen molar-refractivity contribution in [3.05, 3.63) is 47.5 Å². The highest BCUT2D eigenvalue weighted by atomic mass is 16.5. The molecule has 0 amide bonds. The summed E-state index contributed by atoms with van der Waals surface area (Å²) >= 11 is 0. The van der Waals surface area contributed by atoms with E-state index >= 15 is 0 Å². The molecule has 0 saturated heterocycles. The fourth-order valence-corrected chi connectivity index (χ4v) is 2.78. The van der Waals surface area contributed by atoms with Gasteiger partial charge in [-0.1, -0.05) is 18.2 Å². The molecule has 0 aliphatic carbocycles. The van der Waals surface area contributed by atoms with E-state index in [2.05, 4.69) is 0 Å². The Labute approximate surface area is 153 Å². The Kier molecular flexibility index (Phi) is 7.14. The van der Waals surface area contributed by atoms with Crippen LogP contribution in [0.3, 0.4) is 0 Å². The van der Waals surface area contributed by atoms with Crippen molar-refractivity contribution in [3.63, 3.8) is 0 Å². The van der Waals surface area contributed by atoms with Gasteiger partial charge in [0.1, 0.15) is 5.75 Å². The van der Waals surface area contributed by atoms with Gasteiger partial charge in [0.15, 0.2) is 18.1 Å². The Morgan fingerprint density at radius 1 is 0.962 bits per heavy atom. The van der Waals surface area contributed by atoms with Crippen molar-refractivity contribution in [2.75, 3.05) is 27.9 Å². The normalized spacial score (nSPS) is 10.3. The number of carboxylic acids is 1. The zero-order chi connectivity index (χ0) is 18.9. The van der Waals surface area contributed by atoms with Crippen molar-refractivity contribution in [3.8, 4) is 23.0 Å². The summed E-state index contributed by atoms with van der Waals surface area (Å²) in [6.07, 6.45) is 2.54. The molecule has 0 aliphatic heterocycles. The number of aryl methyl sites for hydroxylation is 2. The van der Waals surface area contributed by atoms with Gasteiger partial charge in [-0.15, -0.1) is 0 Å². The maximum absolute atomic E-state index is 10.6. The molecule has 1 N–H and O–H groups in total. The molecule has 6 nitrogen and oxygen atoms in total. The smallest absolute Gasteiger partial charge is 0.341 e. The van der Waals surface area contributed by atoms with Gasteiger partial charge in [-0.2, -0.15) is 0 Å². The highest BCUT2D eigenvalue weighted by molar-refractivity contribution is 5.68. The van der Waals surface area contributed by atoms with Gasteiger partial charge in [-0.3, -0.25) is 0 Å². The van der Waals surface area contributed by atoms with Crippen LogP contribution in [-0.2, 0) is 17.6 Å². The van der Waals surface area contributed by atoms with Crippen LogP contribution in [0.4, 0.5) is 0 Å². The van der Waals surface area contributed by atoms with Crippen molar-refractivity contribution >= 4 is 5.97 Å². The molecular formula is C20H24O6. The Morgan fingerprint density at radius 3 is 2.38 bits per heavy atom. The van der Waals surface area contributed by atoms with Crippen molar-refractivity contribution in [2.45, 2.75) is 19.3 Å². The van der Waals surface area contributed by atoms with Gasteiger partial charge in [0.05, 0.1) is 21.3 Å². The van der Waals surface area contributed by atoms with Gasteiger partial charge in [-0.05, 0) is 48.6 Å². The van der Waals surface area contributed by atoms with Crippen LogP contribution in [-0.4, -0.2) is 39.0 Å². The molecule has 0 atom stereocenters. The fourth-order valence-electron chi connectivity index (χ4n) is 2.78. The Hall–Kier alpha value is -2.89. The first-order valence-electron chi connectivity index (χ1n) is 8.30. The molecule has 0 aliphatic rings. The highest BCUT2D eigenvalue weighted by Gasteiger charge is 2.15. The summed E-state index contributed by atoms with van der Waals surface area (Å²) in [5, 5.41) is 8.69. The average Bonchev–Trinajstić information content (AvgIpc) is 2.66. The third kappa shape index (κ3) is 5.05. The highest BCUT2D eigenvalue weighted by Crippen LogP contribution is 2.40. The summed E-state index contributed by atoms with van der Waals surface area (Å²) < 4.78 is 21.4. The van der Waals surface area contributed by atoms with E-state index in [4.69, 9.17) is 24.1 Å². The number of carbonyl (C=O) groups is 1. The van der Waals surface area contributed by atoms with Crippen LogP contribution in [0.25, 0.3) is 0 Å². The van der Waals surface area contributed by atoms with Crippen LogP contribution < -0.4 is 18.9 Å². The number of hydrogen-bond acceptors (Lipinski definition) is 5. The van der Waals surface area contributed by atoms with E-state index in [0.717, 1.165) is 30.4 Å². The summed E-state index contributed by atoms with van der Waals surface area (Å²) in [5.74, 6) is 1.49. The number of benzene rings is 2. The zero-order valence-corrected chi connectivity index (χ0v) is 15.3. The second-order valence-electron chi connectivity index (χ2n) is 5.68. The molecule has 0 spiro atoms. The molecular weight excluding hydrogens is 336 g/mol. The fraction of sp³-hybridized carbons (Fsp3) is 0.350. The van der Waals surface area contributed by atoms with E-state index in [1.165, 1.54) is 0 Å². The minimum atomic E-state index is -0.990. The number of hydrogen-bond donors (Lipinski definition) is 1. The molecule has 2 aromatic rings. The molecule has 26 heavy (non-hydrogen) atoms. The maximum Gasteiger partial charge on any atom is 0.341 e. The van der Waals surface area contributed by atoms with Gasteiger partial charge in [0, 0.05) is 0 Å². The van der Waals surface area contributed by atoms with Crippen LogP contribution in [0, 0.1) is 0 Å². The van der Waals surface area contributed by atoms with Crippen LogP contribution in [0.15, 0.2) is 36.4 Å². The number of aliphatic carboxylic acids is 1. The van der Waals surface area contributed by atoms with Crippen LogP contribution in [0.2, 0.25) is 0 Å². The van der Waals surface area contributed by atoms with E-state index in [0.29, 0.717) is 23.0 Å². The lowest BCUT2D eigenvalue weighted by Gasteiger charge is -2.15. The summed E-state index contributed by atoms with van der Waals surface area (Å²) in [5.41, 5.74) is 2.13. The number of rotatable bonds is 10. The van der Waals surface area contributed by atoms with Crippen molar-refractivity contribution < 1.29 is 28.8 Å². The Balaban J connectivity index is 2.01. The lowest BCUT2D eigenvalue weighted by molar-refractivity contribution is -0.139. The number of carboxylic acid groups (broad SMARTS) is 1. The molecule has 140 valence electrons. The van der Waals surface area contributed by atoms with E-state index in [1.54, 1.807) is 27.4 Å². The average molecular weight is 360 g/mol. The summed E-state index contributed by atoms with van der Waals surface area (Å²) in [6.45, 7) is -0.341. The van der Waals surface area contributed by atoms with Crippen molar-refractivity contribution in [1.29, 1.82) is 0 Å². The van der Waals surface area contributed by atoms with Crippen molar-refractivity contribution in [2.24, 2.45) is 0 Å². The molecule has 0 saturated carbocycles. The quantitative estimate of drug-likeness (QED) is 0.700. The second-order valence-corrected chi connectivity index (χ2v) is 5.68. The first-order chi connectivity index (χ1) is 12.6. The Bertz CT molecular complexity index is 741. The number of ether oxygens (including phenoxy) is 4. The first-order valence-corrected chi connectivity index (χ1v) is 8.30. The number of methoxy groups -OCH3 is 3. The van der Waals surface area contributed by atoms with E-state index < -0.39 is 5.97 Å². The molecule has 0 fully saturated rings. The maximum atomic E-state index is 10.6. The zero-order valence-electron chi connectivity index (χ0n) is 15.3. The van der Waals surface area contributed by atoms with Gasteiger partial charge >= 0.3 is 5.97 Å². The molecule has 0 radical (unpaired) electrons. The SMILES string of the molecule is COc1ccc(CCCc2cccc(OCC(=O)O)c2)c(OC)c1OC. The van der Waals surface area contributed by atoms with Crippen LogP contribution >= 0.6 is 0 Å². The van der Waals surface area contributed by atoms with Gasteiger partial charge < -0.3 is 24.1 Å². The molecule has 2 rings (SSSR count). The lowest BCUT2D eigenvalue weighted by Crippen LogP contribution is -2.09. The molecule has 0 heterocycles.